The predicted molar refractivity (Wildman–Crippen MR) is 114 cm³/mol. The molecular weight excluding hydrogens is 402 g/mol. The summed E-state index contributed by atoms with van der Waals surface area (Å²) < 4.78 is 36.0. The summed E-state index contributed by atoms with van der Waals surface area (Å²) in [5.41, 5.74) is 1.45. The minimum absolute atomic E-state index is 0.266. The van der Waals surface area contributed by atoms with Crippen LogP contribution in [0, 0.1) is 11.6 Å². The Kier molecular flexibility index (Phi) is 6.20. The lowest BCUT2D eigenvalue weighted by Gasteiger charge is -2.37. The number of aliphatic hydroxyl groups is 1. The molecule has 6 nitrogen and oxygen atoms in total. The summed E-state index contributed by atoms with van der Waals surface area (Å²) in [4.78, 5) is 8.28. The molecule has 1 atom stereocenters. The third kappa shape index (κ3) is 4.40. The van der Waals surface area contributed by atoms with Crippen LogP contribution in [0.3, 0.4) is 0 Å². The van der Waals surface area contributed by atoms with E-state index < -0.39 is 6.10 Å². The molecule has 1 N–H and O–H groups in total. The van der Waals surface area contributed by atoms with Gasteiger partial charge in [-0.1, -0.05) is 12.1 Å². The highest BCUT2D eigenvalue weighted by molar-refractivity contribution is 5.57. The number of aryl methyl sites for hydroxylation is 1. The van der Waals surface area contributed by atoms with E-state index in [1.165, 1.54) is 12.1 Å². The number of benzene rings is 2. The second-order valence-corrected chi connectivity index (χ2v) is 7.70. The van der Waals surface area contributed by atoms with Gasteiger partial charge in [0.2, 0.25) is 0 Å². The lowest BCUT2D eigenvalue weighted by Crippen LogP contribution is -2.46. The van der Waals surface area contributed by atoms with Crippen LogP contribution in [0.15, 0.2) is 48.8 Å². The molecule has 2 heterocycles. The van der Waals surface area contributed by atoms with Crippen molar-refractivity contribution >= 4 is 5.69 Å². The zero-order chi connectivity index (χ0) is 22.0. The average molecular weight is 428 g/mol. The van der Waals surface area contributed by atoms with Gasteiger partial charge in [0.05, 0.1) is 12.8 Å². The van der Waals surface area contributed by atoms with Gasteiger partial charge in [0.25, 0.3) is 0 Å². The van der Waals surface area contributed by atoms with Crippen LogP contribution in [0.5, 0.6) is 5.75 Å². The van der Waals surface area contributed by atoms with Crippen molar-refractivity contribution in [1.29, 1.82) is 0 Å². The fraction of sp³-hybridized carbons (Fsp3) is 0.348. The molecule has 0 spiro atoms. The van der Waals surface area contributed by atoms with Crippen LogP contribution in [-0.2, 0) is 13.6 Å². The molecule has 1 fully saturated rings. The van der Waals surface area contributed by atoms with Gasteiger partial charge < -0.3 is 19.3 Å². The second kappa shape index (κ2) is 9.03. The highest BCUT2D eigenvalue weighted by Crippen LogP contribution is 2.33. The van der Waals surface area contributed by atoms with E-state index >= 15 is 0 Å². The fourth-order valence-electron chi connectivity index (χ4n) is 4.04. The number of anilines is 1. The van der Waals surface area contributed by atoms with Gasteiger partial charge in [-0.25, -0.2) is 13.8 Å². The molecule has 0 amide bonds. The summed E-state index contributed by atoms with van der Waals surface area (Å²) in [5, 5.41) is 10.9. The summed E-state index contributed by atoms with van der Waals surface area (Å²) in [6, 6.07) is 9.46. The number of hydrogen-bond acceptors (Lipinski definition) is 5. The maximum Gasteiger partial charge on any atom is 0.146 e. The SMILES string of the molecule is COc1ccc(F)c(CN2CCN(c3c(F)cccc3C(O)c3nccn3C)CC2)c1. The number of hydrogen-bond donors (Lipinski definition) is 1. The van der Waals surface area contributed by atoms with Crippen molar-refractivity contribution in [3.05, 3.63) is 77.4 Å². The quantitative estimate of drug-likeness (QED) is 0.654. The van der Waals surface area contributed by atoms with Crippen LogP contribution in [0.1, 0.15) is 23.1 Å². The molecular formula is C23H26F2N4O2. The Balaban J connectivity index is 1.50. The smallest absolute Gasteiger partial charge is 0.146 e. The van der Waals surface area contributed by atoms with Gasteiger partial charge in [0, 0.05) is 63.3 Å². The topological polar surface area (TPSA) is 53.8 Å². The molecule has 1 saturated heterocycles. The lowest BCUT2D eigenvalue weighted by molar-refractivity contribution is 0.205. The molecule has 4 rings (SSSR count). The molecule has 8 heteroatoms. The number of aliphatic hydroxyl groups excluding tert-OH is 1. The number of nitrogens with zero attached hydrogens (tertiary/aromatic N) is 4. The molecule has 2 aromatic carbocycles. The summed E-state index contributed by atoms with van der Waals surface area (Å²) in [7, 11) is 3.35. The number of rotatable bonds is 6. The number of imidazole rings is 1. The minimum Gasteiger partial charge on any atom is -0.497 e. The molecule has 164 valence electrons. The van der Waals surface area contributed by atoms with Gasteiger partial charge in [0.15, 0.2) is 0 Å². The minimum atomic E-state index is -1.03. The van der Waals surface area contributed by atoms with Gasteiger partial charge in [0.1, 0.15) is 29.3 Å². The summed E-state index contributed by atoms with van der Waals surface area (Å²) in [5.74, 6) is 0.434. The molecule has 0 aliphatic carbocycles. The van der Waals surface area contributed by atoms with E-state index in [9.17, 15) is 13.9 Å². The predicted octanol–water partition coefficient (Wildman–Crippen LogP) is 3.11. The number of methoxy groups -OCH3 is 1. The van der Waals surface area contributed by atoms with Crippen molar-refractivity contribution < 1.29 is 18.6 Å². The monoisotopic (exact) mass is 428 g/mol. The van der Waals surface area contributed by atoms with Crippen molar-refractivity contribution in [3.63, 3.8) is 0 Å². The molecule has 1 aliphatic rings. The van der Waals surface area contributed by atoms with Crippen molar-refractivity contribution in [2.45, 2.75) is 12.6 Å². The van der Waals surface area contributed by atoms with Crippen LogP contribution in [0.2, 0.25) is 0 Å². The Morgan fingerprint density at radius 2 is 1.87 bits per heavy atom. The maximum absolute atomic E-state index is 14.9. The highest BCUT2D eigenvalue weighted by atomic mass is 19.1. The van der Waals surface area contributed by atoms with Gasteiger partial charge in [-0.2, -0.15) is 0 Å². The Labute approximate surface area is 180 Å². The van der Waals surface area contributed by atoms with E-state index in [0.717, 1.165) is 0 Å². The number of para-hydroxylation sites is 1. The van der Waals surface area contributed by atoms with E-state index in [1.54, 1.807) is 55.4 Å². The molecule has 0 saturated carbocycles. The second-order valence-electron chi connectivity index (χ2n) is 7.70. The van der Waals surface area contributed by atoms with Gasteiger partial charge in [-0.15, -0.1) is 0 Å². The van der Waals surface area contributed by atoms with Crippen LogP contribution in [-0.4, -0.2) is 52.8 Å². The van der Waals surface area contributed by atoms with Gasteiger partial charge in [-0.3, -0.25) is 4.90 Å². The molecule has 1 aromatic heterocycles. The Morgan fingerprint density at radius 3 is 2.55 bits per heavy atom. The van der Waals surface area contributed by atoms with E-state index in [-0.39, 0.29) is 11.6 Å². The number of halogens is 2. The number of ether oxygens (including phenoxy) is 1. The first kappa shape index (κ1) is 21.3. The van der Waals surface area contributed by atoms with Crippen LogP contribution in [0.4, 0.5) is 14.5 Å². The normalized spacial score (nSPS) is 15.8. The first-order chi connectivity index (χ1) is 15.0. The Morgan fingerprint density at radius 1 is 1.10 bits per heavy atom. The van der Waals surface area contributed by atoms with Crippen molar-refractivity contribution in [1.82, 2.24) is 14.5 Å². The zero-order valence-corrected chi connectivity index (χ0v) is 17.6. The highest BCUT2D eigenvalue weighted by Gasteiger charge is 2.27. The molecule has 1 unspecified atom stereocenters. The summed E-state index contributed by atoms with van der Waals surface area (Å²) in [6.45, 7) is 2.86. The van der Waals surface area contributed by atoms with E-state index in [0.29, 0.717) is 61.1 Å². The van der Waals surface area contributed by atoms with Crippen LogP contribution < -0.4 is 9.64 Å². The van der Waals surface area contributed by atoms with Crippen molar-refractivity contribution in [2.24, 2.45) is 7.05 Å². The van der Waals surface area contributed by atoms with E-state index in [1.807, 2.05) is 4.90 Å². The molecule has 0 radical (unpaired) electrons. The van der Waals surface area contributed by atoms with Gasteiger partial charge >= 0.3 is 0 Å². The van der Waals surface area contributed by atoms with Crippen LogP contribution >= 0.6 is 0 Å². The Bertz CT molecular complexity index is 1050. The summed E-state index contributed by atoms with van der Waals surface area (Å²) >= 11 is 0. The summed E-state index contributed by atoms with van der Waals surface area (Å²) in [6.07, 6.45) is 2.32. The van der Waals surface area contributed by atoms with E-state index in [4.69, 9.17) is 4.74 Å². The largest absolute Gasteiger partial charge is 0.497 e. The third-order valence-corrected chi connectivity index (χ3v) is 5.75. The average Bonchev–Trinajstić information content (AvgIpc) is 3.21. The first-order valence-electron chi connectivity index (χ1n) is 10.2. The van der Waals surface area contributed by atoms with Crippen molar-refractivity contribution in [3.8, 4) is 5.75 Å². The van der Waals surface area contributed by atoms with Crippen molar-refractivity contribution in [2.75, 3.05) is 38.2 Å². The van der Waals surface area contributed by atoms with Crippen LogP contribution in [0.25, 0.3) is 0 Å². The number of piperazine rings is 1. The maximum atomic E-state index is 14.9. The van der Waals surface area contributed by atoms with Gasteiger partial charge in [-0.05, 0) is 24.3 Å². The third-order valence-electron chi connectivity index (χ3n) is 5.75. The lowest BCUT2D eigenvalue weighted by atomic mass is 10.0. The molecule has 31 heavy (non-hydrogen) atoms. The van der Waals surface area contributed by atoms with E-state index in [2.05, 4.69) is 9.88 Å². The molecule has 0 bridgehead atoms. The Hall–Kier alpha value is -2.97. The fourth-order valence-corrected chi connectivity index (χ4v) is 4.04. The molecule has 1 aliphatic heterocycles. The first-order valence-corrected chi connectivity index (χ1v) is 10.2. The zero-order valence-electron chi connectivity index (χ0n) is 17.6. The number of aromatic nitrogens is 2. The molecule has 3 aromatic rings. The standard InChI is InChI=1S/C23H26F2N4O2/c1-27-9-8-26-23(27)22(30)18-4-3-5-20(25)21(18)29-12-10-28(11-13-29)15-16-14-17(31-2)6-7-19(16)24/h3-9,14,22,30H,10-13,15H2,1-2H3.